The molecule has 1 unspecified atom stereocenters. The fourth-order valence-corrected chi connectivity index (χ4v) is 2.99. The summed E-state index contributed by atoms with van der Waals surface area (Å²) in [5.41, 5.74) is 6.51. The number of nitrogens with one attached hydrogen (secondary N) is 3. The van der Waals surface area contributed by atoms with Crippen LogP contribution in [-0.2, 0) is 14.8 Å². The summed E-state index contributed by atoms with van der Waals surface area (Å²) in [4.78, 5) is 11.2. The molecular formula is C12H18N4O3S. The number of carbonyl (C=O) groups excluding carboxylic acids is 1. The zero-order valence-electron chi connectivity index (χ0n) is 11.1. The first-order valence-electron chi connectivity index (χ1n) is 6.28. The molecule has 1 amide bonds. The van der Waals surface area contributed by atoms with Crippen molar-refractivity contribution >= 4 is 27.3 Å². The van der Waals surface area contributed by atoms with Gasteiger partial charge in [-0.2, -0.15) is 0 Å². The number of benzene rings is 1. The normalized spacial score (nSPS) is 19.4. The fraction of sp³-hybridized carbons (Fsp3) is 0.417. The molecule has 0 spiro atoms. The summed E-state index contributed by atoms with van der Waals surface area (Å²) in [6, 6.07) is 4.69. The maximum absolute atomic E-state index is 12.0. The van der Waals surface area contributed by atoms with Crippen LogP contribution in [0, 0.1) is 0 Å². The van der Waals surface area contributed by atoms with Crippen molar-refractivity contribution in [2.24, 2.45) is 0 Å². The first-order chi connectivity index (χ1) is 9.42. The molecule has 1 fully saturated rings. The summed E-state index contributed by atoms with van der Waals surface area (Å²) < 4.78 is 26.3. The Bertz CT molecular complexity index is 605. The van der Waals surface area contributed by atoms with E-state index in [9.17, 15) is 13.2 Å². The topological polar surface area (TPSA) is 113 Å². The molecule has 110 valence electrons. The molecule has 1 aliphatic heterocycles. The molecule has 1 aromatic rings. The van der Waals surface area contributed by atoms with Gasteiger partial charge in [0.2, 0.25) is 15.9 Å². The molecular weight excluding hydrogens is 280 g/mol. The van der Waals surface area contributed by atoms with Crippen LogP contribution in [0.4, 0.5) is 11.4 Å². The Kier molecular flexibility index (Phi) is 4.15. The average Bonchev–Trinajstić information content (AvgIpc) is 2.43. The minimum Gasteiger partial charge on any atom is -0.399 e. The molecule has 5 N–H and O–H groups in total. The molecule has 8 heteroatoms. The van der Waals surface area contributed by atoms with Crippen LogP contribution >= 0.6 is 0 Å². The number of hydrogen-bond acceptors (Lipinski definition) is 5. The van der Waals surface area contributed by atoms with Crippen molar-refractivity contribution in [2.75, 3.05) is 24.6 Å². The van der Waals surface area contributed by atoms with Gasteiger partial charge in [-0.3, -0.25) is 4.79 Å². The monoisotopic (exact) mass is 298 g/mol. The highest BCUT2D eigenvalue weighted by Crippen LogP contribution is 2.25. The van der Waals surface area contributed by atoms with E-state index in [0.717, 1.165) is 0 Å². The number of piperidine rings is 1. The molecule has 1 heterocycles. The molecule has 0 aliphatic carbocycles. The van der Waals surface area contributed by atoms with E-state index in [2.05, 4.69) is 15.4 Å². The van der Waals surface area contributed by atoms with Crippen LogP contribution in [0.5, 0.6) is 0 Å². The lowest BCUT2D eigenvalue weighted by Crippen LogP contribution is -2.42. The molecule has 7 nitrogen and oxygen atoms in total. The highest BCUT2D eigenvalue weighted by atomic mass is 32.2. The lowest BCUT2D eigenvalue weighted by molar-refractivity contribution is -0.122. The maximum Gasteiger partial charge on any atom is 0.242 e. The Morgan fingerprint density at radius 2 is 2.15 bits per heavy atom. The summed E-state index contributed by atoms with van der Waals surface area (Å²) >= 11 is 0. The number of rotatable bonds is 4. The Hall–Kier alpha value is -1.80. The summed E-state index contributed by atoms with van der Waals surface area (Å²) in [5, 5.41) is 5.89. The Balaban J connectivity index is 2.25. The Labute approximate surface area is 118 Å². The van der Waals surface area contributed by atoms with E-state index in [-0.39, 0.29) is 16.8 Å². The van der Waals surface area contributed by atoms with E-state index < -0.39 is 10.0 Å². The zero-order valence-corrected chi connectivity index (χ0v) is 12.0. The van der Waals surface area contributed by atoms with Crippen LogP contribution < -0.4 is 21.1 Å². The Morgan fingerprint density at radius 3 is 2.75 bits per heavy atom. The number of amides is 1. The molecule has 0 aromatic heterocycles. The quantitative estimate of drug-likeness (QED) is 0.578. The summed E-state index contributed by atoms with van der Waals surface area (Å²) in [6.45, 7) is 0.474. The average molecular weight is 298 g/mol. The molecule has 1 atom stereocenters. The minimum atomic E-state index is -3.59. The lowest BCUT2D eigenvalue weighted by atomic mass is 10.1. The largest absolute Gasteiger partial charge is 0.399 e. The van der Waals surface area contributed by atoms with Gasteiger partial charge in [-0.1, -0.05) is 0 Å². The predicted octanol–water partition coefficient (Wildman–Crippen LogP) is -0.133. The second-order valence-corrected chi connectivity index (χ2v) is 6.50. The minimum absolute atomic E-state index is 0.00197. The van der Waals surface area contributed by atoms with Gasteiger partial charge in [0, 0.05) is 24.7 Å². The van der Waals surface area contributed by atoms with Gasteiger partial charge in [-0.15, -0.1) is 0 Å². The third-order valence-electron chi connectivity index (χ3n) is 3.19. The summed E-state index contributed by atoms with van der Waals surface area (Å²) in [6.07, 6.45) is 1.09. The van der Waals surface area contributed by atoms with E-state index in [1.54, 1.807) is 12.1 Å². The van der Waals surface area contributed by atoms with E-state index >= 15 is 0 Å². The molecule has 1 aliphatic rings. The van der Waals surface area contributed by atoms with Gasteiger partial charge in [0.1, 0.15) is 4.90 Å². The van der Waals surface area contributed by atoms with Crippen LogP contribution in [0.15, 0.2) is 23.1 Å². The van der Waals surface area contributed by atoms with Gasteiger partial charge in [0.05, 0.1) is 5.69 Å². The molecule has 1 aromatic carbocycles. The summed E-state index contributed by atoms with van der Waals surface area (Å²) in [7, 11) is -2.24. The van der Waals surface area contributed by atoms with Gasteiger partial charge < -0.3 is 16.4 Å². The highest BCUT2D eigenvalue weighted by molar-refractivity contribution is 7.89. The third-order valence-corrected chi connectivity index (χ3v) is 4.64. The molecule has 1 saturated heterocycles. The van der Waals surface area contributed by atoms with Crippen LogP contribution in [0.3, 0.4) is 0 Å². The predicted molar refractivity (Wildman–Crippen MR) is 76.8 cm³/mol. The van der Waals surface area contributed by atoms with E-state index in [0.29, 0.717) is 30.8 Å². The van der Waals surface area contributed by atoms with Gasteiger partial charge in [0.25, 0.3) is 0 Å². The van der Waals surface area contributed by atoms with Crippen LogP contribution in [0.2, 0.25) is 0 Å². The molecule has 0 radical (unpaired) electrons. The second kappa shape index (κ2) is 5.68. The number of hydrogen-bond donors (Lipinski definition) is 4. The van der Waals surface area contributed by atoms with E-state index in [1.165, 1.54) is 13.1 Å². The van der Waals surface area contributed by atoms with Crippen molar-refractivity contribution in [3.05, 3.63) is 18.2 Å². The summed E-state index contributed by atoms with van der Waals surface area (Å²) in [5.74, 6) is 0.0171. The lowest BCUT2D eigenvalue weighted by Gasteiger charge is -2.25. The van der Waals surface area contributed by atoms with Crippen LogP contribution in [0.25, 0.3) is 0 Å². The smallest absolute Gasteiger partial charge is 0.242 e. The molecule has 2 rings (SSSR count). The number of nitrogens with two attached hydrogens (primary N) is 1. The van der Waals surface area contributed by atoms with Gasteiger partial charge in [0.15, 0.2) is 0 Å². The van der Waals surface area contributed by atoms with Crippen LogP contribution in [-0.4, -0.2) is 34.0 Å². The highest BCUT2D eigenvalue weighted by Gasteiger charge is 2.22. The van der Waals surface area contributed by atoms with Crippen molar-refractivity contribution in [1.82, 2.24) is 10.0 Å². The van der Waals surface area contributed by atoms with Crippen molar-refractivity contribution in [2.45, 2.75) is 23.8 Å². The maximum atomic E-state index is 12.0. The van der Waals surface area contributed by atoms with Crippen LogP contribution in [0.1, 0.15) is 12.8 Å². The van der Waals surface area contributed by atoms with E-state index in [4.69, 9.17) is 5.73 Å². The second-order valence-electron chi connectivity index (χ2n) is 4.65. The van der Waals surface area contributed by atoms with Gasteiger partial charge in [-0.05, 0) is 31.7 Å². The Morgan fingerprint density at radius 1 is 1.40 bits per heavy atom. The van der Waals surface area contributed by atoms with Gasteiger partial charge >= 0.3 is 0 Å². The first-order valence-corrected chi connectivity index (χ1v) is 7.77. The SMILES string of the molecule is CNS(=O)(=O)c1cc(N)ccc1NC1CCC(=O)NC1. The molecule has 0 saturated carbocycles. The van der Waals surface area contributed by atoms with E-state index in [1.807, 2.05) is 0 Å². The molecule has 0 bridgehead atoms. The third kappa shape index (κ3) is 3.20. The first kappa shape index (κ1) is 14.6. The number of anilines is 2. The van der Waals surface area contributed by atoms with Crippen molar-refractivity contribution in [3.8, 4) is 0 Å². The number of carbonyl (C=O) groups is 1. The van der Waals surface area contributed by atoms with Crippen molar-refractivity contribution in [1.29, 1.82) is 0 Å². The van der Waals surface area contributed by atoms with Crippen molar-refractivity contribution < 1.29 is 13.2 Å². The fourth-order valence-electron chi connectivity index (χ4n) is 2.07. The number of sulfonamides is 1. The standard InChI is InChI=1S/C12H18N4O3S/c1-14-20(18,19)11-6-8(13)2-4-10(11)16-9-3-5-12(17)15-7-9/h2,4,6,9,14,16H,3,5,7,13H2,1H3,(H,15,17). The number of nitrogen functional groups attached to an aromatic ring is 1. The van der Waals surface area contributed by atoms with Crippen molar-refractivity contribution in [3.63, 3.8) is 0 Å². The zero-order chi connectivity index (χ0) is 14.8. The van der Waals surface area contributed by atoms with Gasteiger partial charge in [-0.25, -0.2) is 13.1 Å². The molecule has 20 heavy (non-hydrogen) atoms.